The summed E-state index contributed by atoms with van der Waals surface area (Å²) in [6.07, 6.45) is 4.31. The lowest BCUT2D eigenvalue weighted by atomic mass is 10.2. The number of aromatic nitrogens is 1. The molecule has 1 aromatic heterocycles. The highest BCUT2D eigenvalue weighted by atomic mass is 32.1. The fourth-order valence-electron chi connectivity index (χ4n) is 3.52. The van der Waals surface area contributed by atoms with E-state index in [4.69, 9.17) is 0 Å². The van der Waals surface area contributed by atoms with Gasteiger partial charge in [0.05, 0.1) is 11.2 Å². The van der Waals surface area contributed by atoms with Crippen LogP contribution in [-0.2, 0) is 4.79 Å². The molecule has 1 aliphatic rings. The molecule has 0 aliphatic carbocycles. The predicted octanol–water partition coefficient (Wildman–Crippen LogP) is 3.73. The number of carbonyl (C=O) groups is 1. The highest BCUT2D eigenvalue weighted by Crippen LogP contribution is 2.29. The Morgan fingerprint density at radius 2 is 1.90 bits per heavy atom. The van der Waals surface area contributed by atoms with Crippen molar-refractivity contribution >= 4 is 38.7 Å². The number of thiazole rings is 1. The van der Waals surface area contributed by atoms with Crippen LogP contribution in [0, 0.1) is 5.82 Å². The number of piperazine rings is 1. The molecule has 7 heteroatoms. The van der Waals surface area contributed by atoms with Crippen LogP contribution >= 0.6 is 11.3 Å². The molecule has 30 heavy (non-hydrogen) atoms. The van der Waals surface area contributed by atoms with E-state index >= 15 is 0 Å². The number of anilines is 1. The molecule has 3 aromatic rings. The molecule has 1 amide bonds. The largest absolute Gasteiger partial charge is 0.342 e. The topological polar surface area (TPSA) is 39.7 Å². The standard InChI is InChI=1S/C23H25FN4OS/c1-26(23-25-22-19(24)10-5-11-20(22)30-23)17-21(29)28-15-13-27(14-16-28)12-6-9-18-7-3-2-4-8-18/h2-11H,12-17H2,1H3. The quantitative estimate of drug-likeness (QED) is 0.605. The molecule has 0 saturated carbocycles. The number of para-hydroxylation sites is 1. The van der Waals surface area contributed by atoms with Gasteiger partial charge in [-0.05, 0) is 17.7 Å². The van der Waals surface area contributed by atoms with Crippen LogP contribution in [0.4, 0.5) is 9.52 Å². The van der Waals surface area contributed by atoms with Crippen molar-refractivity contribution in [2.45, 2.75) is 0 Å². The van der Waals surface area contributed by atoms with Crippen molar-refractivity contribution in [3.63, 3.8) is 0 Å². The molecule has 0 N–H and O–H groups in total. The van der Waals surface area contributed by atoms with Gasteiger partial charge < -0.3 is 9.80 Å². The first-order chi connectivity index (χ1) is 14.6. The summed E-state index contributed by atoms with van der Waals surface area (Å²) in [5.74, 6) is -0.246. The number of halogens is 1. The molecule has 1 saturated heterocycles. The number of amides is 1. The van der Waals surface area contributed by atoms with Crippen molar-refractivity contribution in [1.29, 1.82) is 0 Å². The van der Waals surface area contributed by atoms with E-state index in [2.05, 4.69) is 34.2 Å². The third kappa shape index (κ3) is 4.86. The summed E-state index contributed by atoms with van der Waals surface area (Å²) >= 11 is 1.40. The Labute approximate surface area is 180 Å². The number of likely N-dealkylation sites (N-methyl/N-ethyl adjacent to an activating group) is 1. The molecular formula is C23H25FN4OS. The smallest absolute Gasteiger partial charge is 0.242 e. The van der Waals surface area contributed by atoms with Crippen LogP contribution in [0.15, 0.2) is 54.6 Å². The number of nitrogens with zero attached hydrogens (tertiary/aromatic N) is 4. The Hall–Kier alpha value is -2.77. The second-order valence-electron chi connectivity index (χ2n) is 7.43. The maximum Gasteiger partial charge on any atom is 0.242 e. The molecule has 4 rings (SSSR count). The Balaban J connectivity index is 1.26. The molecule has 0 bridgehead atoms. The molecule has 156 valence electrons. The van der Waals surface area contributed by atoms with Crippen molar-refractivity contribution in [3.05, 3.63) is 66.0 Å². The van der Waals surface area contributed by atoms with Crippen molar-refractivity contribution in [3.8, 4) is 0 Å². The fourth-order valence-corrected chi connectivity index (χ4v) is 4.46. The monoisotopic (exact) mass is 424 g/mol. The van der Waals surface area contributed by atoms with Crippen LogP contribution in [-0.4, -0.2) is 67.0 Å². The van der Waals surface area contributed by atoms with Gasteiger partial charge in [-0.1, -0.05) is 59.9 Å². The zero-order valence-corrected chi connectivity index (χ0v) is 17.8. The Morgan fingerprint density at radius 1 is 1.13 bits per heavy atom. The van der Waals surface area contributed by atoms with Gasteiger partial charge in [0.15, 0.2) is 5.13 Å². The lowest BCUT2D eigenvalue weighted by Crippen LogP contribution is -2.50. The number of carbonyl (C=O) groups excluding carboxylic acids is 1. The van der Waals surface area contributed by atoms with Gasteiger partial charge in [0.1, 0.15) is 11.3 Å². The Bertz CT molecular complexity index is 1030. The highest BCUT2D eigenvalue weighted by Gasteiger charge is 2.22. The zero-order chi connectivity index (χ0) is 20.9. The summed E-state index contributed by atoms with van der Waals surface area (Å²) < 4.78 is 14.7. The van der Waals surface area contributed by atoms with Gasteiger partial charge in [0.25, 0.3) is 0 Å². The van der Waals surface area contributed by atoms with E-state index in [0.717, 1.165) is 37.4 Å². The third-order valence-electron chi connectivity index (χ3n) is 5.26. The van der Waals surface area contributed by atoms with E-state index in [9.17, 15) is 9.18 Å². The average molecular weight is 425 g/mol. The lowest BCUT2D eigenvalue weighted by Gasteiger charge is -2.35. The van der Waals surface area contributed by atoms with Gasteiger partial charge in [0.2, 0.25) is 5.91 Å². The molecule has 1 aliphatic heterocycles. The number of hydrogen-bond acceptors (Lipinski definition) is 5. The van der Waals surface area contributed by atoms with E-state index in [-0.39, 0.29) is 18.3 Å². The summed E-state index contributed by atoms with van der Waals surface area (Å²) in [7, 11) is 1.83. The summed E-state index contributed by atoms with van der Waals surface area (Å²) in [6.45, 7) is 4.30. The highest BCUT2D eigenvalue weighted by molar-refractivity contribution is 7.22. The molecule has 0 spiro atoms. The first-order valence-corrected chi connectivity index (χ1v) is 10.9. The predicted molar refractivity (Wildman–Crippen MR) is 121 cm³/mol. The van der Waals surface area contributed by atoms with Gasteiger partial charge in [0, 0.05) is 39.8 Å². The first-order valence-electron chi connectivity index (χ1n) is 10.1. The second kappa shape index (κ2) is 9.36. The normalized spacial score (nSPS) is 15.2. The molecule has 0 radical (unpaired) electrons. The average Bonchev–Trinajstić information content (AvgIpc) is 3.21. The van der Waals surface area contributed by atoms with Gasteiger partial charge in [-0.3, -0.25) is 9.69 Å². The Morgan fingerprint density at radius 3 is 2.63 bits per heavy atom. The second-order valence-corrected chi connectivity index (χ2v) is 8.44. The van der Waals surface area contributed by atoms with Crippen LogP contribution in [0.3, 0.4) is 0 Å². The molecule has 1 fully saturated rings. The summed E-state index contributed by atoms with van der Waals surface area (Å²) in [6, 6.07) is 15.2. The van der Waals surface area contributed by atoms with Crippen LogP contribution < -0.4 is 4.90 Å². The van der Waals surface area contributed by atoms with Crippen molar-refractivity contribution in [2.75, 3.05) is 51.2 Å². The summed E-state index contributed by atoms with van der Waals surface area (Å²) in [5.41, 5.74) is 1.57. The van der Waals surface area contributed by atoms with Crippen molar-refractivity contribution in [1.82, 2.24) is 14.8 Å². The SMILES string of the molecule is CN(CC(=O)N1CCN(CC=Cc2ccccc2)CC1)c1nc2c(F)cccc2s1. The van der Waals surface area contributed by atoms with Crippen LogP contribution in [0.2, 0.25) is 0 Å². The summed E-state index contributed by atoms with van der Waals surface area (Å²) in [5, 5.41) is 0.660. The van der Waals surface area contributed by atoms with E-state index < -0.39 is 0 Å². The maximum absolute atomic E-state index is 13.9. The first kappa shape index (κ1) is 20.5. The van der Waals surface area contributed by atoms with Gasteiger partial charge in [-0.2, -0.15) is 0 Å². The van der Waals surface area contributed by atoms with Gasteiger partial charge in [-0.15, -0.1) is 0 Å². The molecule has 5 nitrogen and oxygen atoms in total. The Kier molecular flexibility index (Phi) is 6.40. The number of fused-ring (bicyclic) bond motifs is 1. The minimum absolute atomic E-state index is 0.0803. The van der Waals surface area contributed by atoms with Crippen LogP contribution in [0.1, 0.15) is 5.56 Å². The van der Waals surface area contributed by atoms with E-state index in [0.29, 0.717) is 10.6 Å². The minimum atomic E-state index is -0.327. The van der Waals surface area contributed by atoms with Crippen LogP contribution in [0.25, 0.3) is 16.3 Å². The summed E-state index contributed by atoms with van der Waals surface area (Å²) in [4.78, 5) is 23.2. The molecule has 0 unspecified atom stereocenters. The van der Waals surface area contributed by atoms with Crippen molar-refractivity contribution in [2.24, 2.45) is 0 Å². The zero-order valence-electron chi connectivity index (χ0n) is 17.0. The van der Waals surface area contributed by atoms with E-state index in [1.807, 2.05) is 36.2 Å². The number of benzene rings is 2. The molecule has 0 atom stereocenters. The maximum atomic E-state index is 13.9. The van der Waals surface area contributed by atoms with Crippen LogP contribution in [0.5, 0.6) is 0 Å². The van der Waals surface area contributed by atoms with Gasteiger partial charge in [-0.25, -0.2) is 9.37 Å². The number of hydrogen-bond donors (Lipinski definition) is 0. The van der Waals surface area contributed by atoms with Gasteiger partial charge >= 0.3 is 0 Å². The molecular weight excluding hydrogens is 399 g/mol. The number of rotatable bonds is 6. The molecule has 2 aromatic carbocycles. The molecule has 2 heterocycles. The fraction of sp³-hybridized carbons (Fsp3) is 0.304. The lowest BCUT2D eigenvalue weighted by molar-refractivity contribution is -0.131. The van der Waals surface area contributed by atoms with E-state index in [1.165, 1.54) is 23.0 Å². The third-order valence-corrected chi connectivity index (χ3v) is 6.39. The van der Waals surface area contributed by atoms with Crippen molar-refractivity contribution < 1.29 is 9.18 Å². The van der Waals surface area contributed by atoms with E-state index in [1.54, 1.807) is 11.0 Å². The minimum Gasteiger partial charge on any atom is -0.342 e.